The summed E-state index contributed by atoms with van der Waals surface area (Å²) in [4.78, 5) is 24.0. The SMILES string of the molecule is COC1(OC(F)(F)F)CC(c2ccccc2)=CC=C1NC(=O)C1=C(C(=O)O)CCC1. The van der Waals surface area contributed by atoms with Gasteiger partial charge in [0.2, 0.25) is 5.79 Å². The summed E-state index contributed by atoms with van der Waals surface area (Å²) in [6, 6.07) is 8.74. The maximum absolute atomic E-state index is 13.2. The topological polar surface area (TPSA) is 84.9 Å². The number of alkyl halides is 3. The number of hydrogen-bond donors (Lipinski definition) is 2. The number of carboxylic acid groups (broad SMARTS) is 1. The molecule has 6 nitrogen and oxygen atoms in total. The fraction of sp³-hybridized carbons (Fsp3) is 0.333. The number of carboxylic acids is 1. The quantitative estimate of drug-likeness (QED) is 0.678. The third kappa shape index (κ3) is 4.63. The van der Waals surface area contributed by atoms with Crippen molar-refractivity contribution in [2.75, 3.05) is 7.11 Å². The highest BCUT2D eigenvalue weighted by Gasteiger charge is 2.49. The summed E-state index contributed by atoms with van der Waals surface area (Å²) < 4.78 is 49.2. The average Bonchev–Trinajstić information content (AvgIpc) is 3.19. The zero-order valence-electron chi connectivity index (χ0n) is 16.1. The zero-order valence-corrected chi connectivity index (χ0v) is 16.1. The highest BCUT2D eigenvalue weighted by molar-refractivity contribution is 6.03. The standard InChI is InChI=1S/C21H20F3NO5/c1-29-20(30-21(22,23)24)12-14(13-6-3-2-4-7-13)10-11-17(20)25-18(26)15-8-5-9-16(15)19(27)28/h2-4,6-7,10-11H,5,8-9,12H2,1H3,(H,25,26)(H,27,28). The molecule has 0 aliphatic heterocycles. The second kappa shape index (κ2) is 8.45. The van der Waals surface area contributed by atoms with Gasteiger partial charge in [-0.15, -0.1) is 13.2 Å². The summed E-state index contributed by atoms with van der Waals surface area (Å²) in [5.74, 6) is -4.32. The van der Waals surface area contributed by atoms with Crippen LogP contribution in [0.25, 0.3) is 5.57 Å². The molecular weight excluding hydrogens is 403 g/mol. The second-order valence-electron chi connectivity index (χ2n) is 6.89. The number of methoxy groups -OCH3 is 1. The Labute approximate surface area is 170 Å². The minimum Gasteiger partial charge on any atom is -0.478 e. The normalized spacial score (nSPS) is 21.9. The van der Waals surface area contributed by atoms with E-state index in [1.165, 1.54) is 6.08 Å². The third-order valence-electron chi connectivity index (χ3n) is 5.04. The number of rotatable bonds is 6. The van der Waals surface area contributed by atoms with E-state index in [-0.39, 0.29) is 36.1 Å². The van der Waals surface area contributed by atoms with Crippen molar-refractivity contribution in [2.24, 2.45) is 0 Å². The Morgan fingerprint density at radius 2 is 1.77 bits per heavy atom. The van der Waals surface area contributed by atoms with Crippen molar-refractivity contribution in [3.8, 4) is 0 Å². The predicted octanol–water partition coefficient (Wildman–Crippen LogP) is 3.92. The van der Waals surface area contributed by atoms with Crippen LogP contribution in [0.4, 0.5) is 13.2 Å². The third-order valence-corrected chi connectivity index (χ3v) is 5.04. The van der Waals surface area contributed by atoms with Crippen LogP contribution in [0.15, 0.2) is 59.3 Å². The Kier molecular flexibility index (Phi) is 6.14. The summed E-state index contributed by atoms with van der Waals surface area (Å²) in [6.45, 7) is 0. The first-order chi connectivity index (χ1) is 14.1. The summed E-state index contributed by atoms with van der Waals surface area (Å²) in [6.07, 6.45) is -1.56. The lowest BCUT2D eigenvalue weighted by atomic mass is 9.91. The number of aliphatic carboxylic acids is 1. The highest BCUT2D eigenvalue weighted by atomic mass is 19.4. The number of hydrogen-bond acceptors (Lipinski definition) is 4. The van der Waals surface area contributed by atoms with Gasteiger partial charge in [0, 0.05) is 24.7 Å². The van der Waals surface area contributed by atoms with Crippen molar-refractivity contribution >= 4 is 17.4 Å². The second-order valence-corrected chi connectivity index (χ2v) is 6.89. The van der Waals surface area contributed by atoms with Gasteiger partial charge in [-0.05, 0) is 36.5 Å². The van der Waals surface area contributed by atoms with Gasteiger partial charge in [-0.1, -0.05) is 36.4 Å². The van der Waals surface area contributed by atoms with Crippen LogP contribution in [0.1, 0.15) is 31.2 Å². The molecule has 0 saturated heterocycles. The van der Waals surface area contributed by atoms with Crippen LogP contribution in [-0.4, -0.2) is 36.2 Å². The van der Waals surface area contributed by atoms with Crippen LogP contribution in [0, 0.1) is 0 Å². The molecule has 1 aromatic rings. The van der Waals surface area contributed by atoms with Gasteiger partial charge in [0.25, 0.3) is 5.91 Å². The molecule has 1 aromatic carbocycles. The van der Waals surface area contributed by atoms with Gasteiger partial charge < -0.3 is 15.2 Å². The molecule has 3 rings (SSSR count). The molecule has 1 unspecified atom stereocenters. The van der Waals surface area contributed by atoms with Crippen molar-refractivity contribution in [3.63, 3.8) is 0 Å². The molecule has 0 heterocycles. The number of benzene rings is 1. The molecule has 2 N–H and O–H groups in total. The number of nitrogens with one attached hydrogen (secondary N) is 1. The summed E-state index contributed by atoms with van der Waals surface area (Å²) in [5, 5.41) is 11.6. The maximum Gasteiger partial charge on any atom is 0.525 e. The van der Waals surface area contributed by atoms with E-state index in [9.17, 15) is 27.9 Å². The largest absolute Gasteiger partial charge is 0.525 e. The Morgan fingerprint density at radius 3 is 2.37 bits per heavy atom. The van der Waals surface area contributed by atoms with Gasteiger partial charge in [-0.2, -0.15) is 0 Å². The molecule has 1 atom stereocenters. The Balaban J connectivity index is 1.98. The molecule has 1 amide bonds. The van der Waals surface area contributed by atoms with Gasteiger partial charge in [0.05, 0.1) is 5.70 Å². The van der Waals surface area contributed by atoms with Crippen molar-refractivity contribution in [1.82, 2.24) is 5.32 Å². The van der Waals surface area contributed by atoms with E-state index in [2.05, 4.69) is 10.1 Å². The number of carbonyl (C=O) groups is 2. The van der Waals surface area contributed by atoms with Crippen molar-refractivity contribution in [1.29, 1.82) is 0 Å². The summed E-state index contributed by atoms with van der Waals surface area (Å²) in [7, 11) is 1.05. The van der Waals surface area contributed by atoms with Crippen molar-refractivity contribution in [2.45, 2.75) is 37.8 Å². The maximum atomic E-state index is 13.2. The van der Waals surface area contributed by atoms with Crippen molar-refractivity contribution < 1.29 is 37.3 Å². The van der Waals surface area contributed by atoms with Crippen LogP contribution in [0.5, 0.6) is 0 Å². The smallest absolute Gasteiger partial charge is 0.478 e. The van der Waals surface area contributed by atoms with E-state index < -0.39 is 24.0 Å². The van der Waals surface area contributed by atoms with E-state index in [0.717, 1.165) is 7.11 Å². The van der Waals surface area contributed by atoms with E-state index in [0.29, 0.717) is 17.6 Å². The lowest BCUT2D eigenvalue weighted by molar-refractivity contribution is -0.403. The van der Waals surface area contributed by atoms with Crippen LogP contribution in [0.3, 0.4) is 0 Å². The van der Waals surface area contributed by atoms with E-state index >= 15 is 0 Å². The number of allylic oxidation sites excluding steroid dienone is 2. The number of amides is 1. The average molecular weight is 423 g/mol. The Morgan fingerprint density at radius 1 is 1.10 bits per heavy atom. The molecule has 0 spiro atoms. The fourth-order valence-electron chi connectivity index (χ4n) is 3.63. The fourth-order valence-corrected chi connectivity index (χ4v) is 3.63. The zero-order chi connectivity index (χ0) is 21.9. The van der Waals surface area contributed by atoms with Gasteiger partial charge in [-0.3, -0.25) is 9.53 Å². The highest BCUT2D eigenvalue weighted by Crippen LogP contribution is 2.41. The summed E-state index contributed by atoms with van der Waals surface area (Å²) >= 11 is 0. The first-order valence-electron chi connectivity index (χ1n) is 9.21. The molecule has 160 valence electrons. The number of ether oxygens (including phenoxy) is 2. The van der Waals surface area contributed by atoms with Gasteiger partial charge in [0.1, 0.15) is 0 Å². The van der Waals surface area contributed by atoms with Crippen LogP contribution < -0.4 is 5.32 Å². The lowest BCUT2D eigenvalue weighted by Gasteiger charge is -2.37. The number of carbonyl (C=O) groups excluding carboxylic acids is 1. The van der Waals surface area contributed by atoms with Gasteiger partial charge in [0.15, 0.2) is 0 Å². The van der Waals surface area contributed by atoms with Crippen LogP contribution in [-0.2, 0) is 19.1 Å². The molecule has 0 aromatic heterocycles. The molecule has 0 saturated carbocycles. The van der Waals surface area contributed by atoms with E-state index in [4.69, 9.17) is 4.74 Å². The lowest BCUT2D eigenvalue weighted by Crippen LogP contribution is -2.48. The van der Waals surface area contributed by atoms with Crippen molar-refractivity contribution in [3.05, 3.63) is 64.9 Å². The van der Waals surface area contributed by atoms with Crippen LogP contribution in [0.2, 0.25) is 0 Å². The molecule has 2 aliphatic carbocycles. The van der Waals surface area contributed by atoms with Gasteiger partial charge >= 0.3 is 12.3 Å². The van der Waals surface area contributed by atoms with Crippen LogP contribution >= 0.6 is 0 Å². The monoisotopic (exact) mass is 423 g/mol. The minimum atomic E-state index is -5.04. The van der Waals surface area contributed by atoms with Gasteiger partial charge in [-0.25, -0.2) is 4.79 Å². The molecule has 0 fully saturated rings. The Hall–Kier alpha value is -2.91. The minimum absolute atomic E-state index is 0.0378. The predicted molar refractivity (Wildman–Crippen MR) is 101 cm³/mol. The molecule has 0 bridgehead atoms. The summed E-state index contributed by atoms with van der Waals surface area (Å²) in [5.41, 5.74) is 0.947. The molecule has 30 heavy (non-hydrogen) atoms. The Bertz CT molecular complexity index is 934. The first-order valence-corrected chi connectivity index (χ1v) is 9.21. The molecule has 2 aliphatic rings. The molecule has 0 radical (unpaired) electrons. The molecular formula is C21H20F3NO5. The number of halogens is 3. The van der Waals surface area contributed by atoms with E-state index in [1.807, 2.05) is 0 Å². The molecule has 9 heteroatoms. The van der Waals surface area contributed by atoms with E-state index in [1.54, 1.807) is 36.4 Å². The first kappa shape index (κ1) is 21.8.